The molecule has 0 spiro atoms. The minimum atomic E-state index is -0.607. The molecule has 2 aromatic heterocycles. The van der Waals surface area contributed by atoms with Crippen LogP contribution >= 0.6 is 0 Å². The maximum absolute atomic E-state index is 13.5. The minimum Gasteiger partial charge on any atom is -0.331 e. The highest BCUT2D eigenvalue weighted by Crippen LogP contribution is 2.55. The van der Waals surface area contributed by atoms with Gasteiger partial charge in [-0.1, -0.05) is 31.2 Å². The van der Waals surface area contributed by atoms with Gasteiger partial charge in [0.2, 0.25) is 5.91 Å². The largest absolute Gasteiger partial charge is 0.331 e. The van der Waals surface area contributed by atoms with Gasteiger partial charge in [0.1, 0.15) is 11.5 Å². The van der Waals surface area contributed by atoms with Crippen molar-refractivity contribution in [1.82, 2.24) is 20.5 Å². The molecular weight excluding hydrogens is 393 g/mol. The van der Waals surface area contributed by atoms with E-state index in [2.05, 4.69) is 38.5 Å². The third-order valence-corrected chi connectivity index (χ3v) is 5.98. The maximum Gasteiger partial charge on any atom is 0.226 e. The number of carbonyl (C=O) groups excluding carboxylic acids is 1. The van der Waals surface area contributed by atoms with Gasteiger partial charge >= 0.3 is 0 Å². The van der Waals surface area contributed by atoms with Crippen molar-refractivity contribution in [3.63, 3.8) is 0 Å². The zero-order chi connectivity index (χ0) is 21.4. The average molecular weight is 413 g/mol. The summed E-state index contributed by atoms with van der Waals surface area (Å²) in [6.07, 6.45) is 8.99. The van der Waals surface area contributed by atoms with E-state index < -0.39 is 5.66 Å². The molecule has 5 rings (SSSR count). The molecule has 3 heterocycles. The van der Waals surface area contributed by atoms with Crippen LogP contribution in [0.2, 0.25) is 0 Å². The monoisotopic (exact) mass is 413 g/mol. The molecule has 1 aliphatic carbocycles. The summed E-state index contributed by atoms with van der Waals surface area (Å²) in [6, 6.07) is 12.1. The van der Waals surface area contributed by atoms with E-state index in [9.17, 15) is 9.18 Å². The molecule has 6 nitrogen and oxygen atoms in total. The third kappa shape index (κ3) is 3.63. The smallest absolute Gasteiger partial charge is 0.226 e. The first-order valence-electron chi connectivity index (χ1n) is 10.1. The lowest BCUT2D eigenvalue weighted by Crippen LogP contribution is -2.40. The summed E-state index contributed by atoms with van der Waals surface area (Å²) in [6.45, 7) is 2.06. The fourth-order valence-corrected chi connectivity index (χ4v) is 4.13. The number of benzene rings is 1. The predicted octanol–water partition coefficient (Wildman–Crippen LogP) is 3.47. The molecule has 1 N–H and O–H groups in total. The molecule has 31 heavy (non-hydrogen) atoms. The Bertz CT molecular complexity index is 1190. The summed E-state index contributed by atoms with van der Waals surface area (Å²) in [5.74, 6) is -0.104. The Kier molecular flexibility index (Phi) is 4.66. The van der Waals surface area contributed by atoms with Crippen LogP contribution in [0.25, 0.3) is 16.8 Å². The number of rotatable bonds is 5. The molecule has 3 aromatic rings. The Morgan fingerprint density at radius 3 is 2.74 bits per heavy atom. The first kappa shape index (κ1) is 19.2. The van der Waals surface area contributed by atoms with Gasteiger partial charge in [-0.05, 0) is 41.0 Å². The summed E-state index contributed by atoms with van der Waals surface area (Å²) in [5, 5.41) is 10.7. The van der Waals surface area contributed by atoms with Crippen molar-refractivity contribution in [3.8, 4) is 11.3 Å². The SMILES string of the molecule is CC1C2C=C(c3cccc(F)c3)C=NC12NC(=O)Cc1ccc(-c2ccnnc2)nc1. The molecule has 1 aromatic carbocycles. The van der Waals surface area contributed by atoms with Gasteiger partial charge in [0.25, 0.3) is 0 Å². The van der Waals surface area contributed by atoms with E-state index in [1.807, 2.05) is 24.3 Å². The van der Waals surface area contributed by atoms with Gasteiger partial charge in [-0.3, -0.25) is 14.8 Å². The van der Waals surface area contributed by atoms with Gasteiger partial charge < -0.3 is 5.32 Å². The zero-order valence-corrected chi connectivity index (χ0v) is 16.9. The second kappa shape index (κ2) is 7.50. The molecule has 1 aliphatic heterocycles. The number of nitrogens with one attached hydrogen (secondary N) is 1. The standard InChI is InChI=1S/C24H20FN5O/c1-15-21-11-19(17-3-2-4-20(25)10-17)13-27-24(15,21)30-23(31)9-16-5-6-22(26-12-16)18-7-8-28-29-14-18/h2-8,10-15,21H,9H2,1H3,(H,30,31). The van der Waals surface area contributed by atoms with Crippen molar-refractivity contribution in [2.24, 2.45) is 16.8 Å². The van der Waals surface area contributed by atoms with Crippen LogP contribution in [0.1, 0.15) is 18.1 Å². The first-order chi connectivity index (χ1) is 15.0. The summed E-state index contributed by atoms with van der Waals surface area (Å²) in [7, 11) is 0. The zero-order valence-electron chi connectivity index (χ0n) is 16.9. The highest BCUT2D eigenvalue weighted by atomic mass is 19.1. The molecule has 2 aliphatic rings. The van der Waals surface area contributed by atoms with Gasteiger partial charge in [0.15, 0.2) is 0 Å². The van der Waals surface area contributed by atoms with Crippen LogP contribution in [-0.2, 0) is 11.2 Å². The van der Waals surface area contributed by atoms with Crippen molar-refractivity contribution < 1.29 is 9.18 Å². The molecular formula is C24H20FN5O. The number of hydrogen-bond acceptors (Lipinski definition) is 5. The second-order valence-corrected chi connectivity index (χ2v) is 7.94. The van der Waals surface area contributed by atoms with E-state index in [0.717, 1.165) is 28.0 Å². The molecule has 3 atom stereocenters. The molecule has 0 saturated heterocycles. The number of halogens is 1. The first-order valence-corrected chi connectivity index (χ1v) is 10.1. The number of hydrogen-bond donors (Lipinski definition) is 1. The van der Waals surface area contributed by atoms with Gasteiger partial charge in [-0.15, -0.1) is 0 Å². The number of aromatic nitrogens is 3. The van der Waals surface area contributed by atoms with Crippen LogP contribution in [-0.4, -0.2) is 33.0 Å². The van der Waals surface area contributed by atoms with E-state index in [1.54, 1.807) is 30.9 Å². The highest BCUT2D eigenvalue weighted by Gasteiger charge is 2.63. The Morgan fingerprint density at radius 1 is 1.13 bits per heavy atom. The Morgan fingerprint density at radius 2 is 2.03 bits per heavy atom. The van der Waals surface area contributed by atoms with E-state index in [4.69, 9.17) is 0 Å². The number of carbonyl (C=O) groups is 1. The lowest BCUT2D eigenvalue weighted by atomic mass is 10.0. The lowest BCUT2D eigenvalue weighted by Gasteiger charge is -2.18. The van der Waals surface area contributed by atoms with E-state index in [1.165, 1.54) is 12.1 Å². The number of aliphatic imine (C=N–C) groups is 1. The van der Waals surface area contributed by atoms with E-state index in [-0.39, 0.29) is 30.0 Å². The summed E-state index contributed by atoms with van der Waals surface area (Å²) in [4.78, 5) is 21.8. The Labute approximate surface area is 179 Å². The molecule has 1 amide bonds. The van der Waals surface area contributed by atoms with Crippen LogP contribution in [0.15, 0.2) is 72.1 Å². The average Bonchev–Trinajstić information content (AvgIpc) is 3.36. The van der Waals surface area contributed by atoms with Crippen LogP contribution in [0.3, 0.4) is 0 Å². The number of amides is 1. The van der Waals surface area contributed by atoms with Crippen LogP contribution in [0.4, 0.5) is 4.39 Å². The molecule has 3 unspecified atom stereocenters. The van der Waals surface area contributed by atoms with Crippen LogP contribution < -0.4 is 5.32 Å². The van der Waals surface area contributed by atoms with Crippen LogP contribution in [0.5, 0.6) is 0 Å². The second-order valence-electron chi connectivity index (χ2n) is 7.94. The molecule has 154 valence electrons. The Balaban J connectivity index is 1.25. The topological polar surface area (TPSA) is 80.1 Å². The Hall–Kier alpha value is -3.74. The molecule has 0 radical (unpaired) electrons. The fraction of sp³-hybridized carbons (Fsp3) is 0.208. The van der Waals surface area contributed by atoms with Crippen LogP contribution in [0, 0.1) is 17.7 Å². The van der Waals surface area contributed by atoms with E-state index in [0.29, 0.717) is 0 Å². The number of pyridine rings is 1. The van der Waals surface area contributed by atoms with Crippen molar-refractivity contribution >= 4 is 17.7 Å². The molecule has 0 bridgehead atoms. The fourth-order valence-electron chi connectivity index (χ4n) is 4.13. The summed E-state index contributed by atoms with van der Waals surface area (Å²) in [5.41, 5.74) is 3.53. The quantitative estimate of drug-likeness (QED) is 0.695. The normalized spacial score (nSPS) is 23.6. The van der Waals surface area contributed by atoms with Crippen molar-refractivity contribution in [1.29, 1.82) is 0 Å². The van der Waals surface area contributed by atoms with E-state index >= 15 is 0 Å². The van der Waals surface area contributed by atoms with Crippen molar-refractivity contribution in [3.05, 3.63) is 84.1 Å². The van der Waals surface area contributed by atoms with Gasteiger partial charge in [0, 0.05) is 29.8 Å². The highest BCUT2D eigenvalue weighted by molar-refractivity contribution is 6.11. The minimum absolute atomic E-state index is 0.0967. The molecule has 1 saturated carbocycles. The summed E-state index contributed by atoms with van der Waals surface area (Å²) < 4.78 is 13.5. The van der Waals surface area contributed by atoms with Crippen molar-refractivity contribution in [2.45, 2.75) is 19.0 Å². The number of fused-ring (bicyclic) bond motifs is 1. The maximum atomic E-state index is 13.5. The molecule has 1 fully saturated rings. The number of nitrogens with zero attached hydrogens (tertiary/aromatic N) is 4. The number of dihydropyridines is 1. The van der Waals surface area contributed by atoms with Gasteiger partial charge in [-0.2, -0.15) is 10.2 Å². The lowest BCUT2D eigenvalue weighted by molar-refractivity contribution is -0.121. The number of allylic oxidation sites excluding steroid dienone is 1. The third-order valence-electron chi connectivity index (χ3n) is 5.98. The van der Waals surface area contributed by atoms with Gasteiger partial charge in [0.05, 0.1) is 24.5 Å². The summed E-state index contributed by atoms with van der Waals surface area (Å²) >= 11 is 0. The van der Waals surface area contributed by atoms with Crippen molar-refractivity contribution in [2.75, 3.05) is 0 Å². The van der Waals surface area contributed by atoms with Gasteiger partial charge in [-0.25, -0.2) is 4.39 Å². The predicted molar refractivity (Wildman–Crippen MR) is 115 cm³/mol. The molecule has 7 heteroatoms.